The standard InChI is InChI=1S/C16H20FNS/c1-4-15-9-10-16(19-15)12(3)18-11(2)13-5-7-14(17)8-6-13/h5-12,18H,4H2,1-3H3. The summed E-state index contributed by atoms with van der Waals surface area (Å²) in [4.78, 5) is 2.77. The van der Waals surface area contributed by atoms with Crippen molar-refractivity contribution in [3.8, 4) is 0 Å². The van der Waals surface area contributed by atoms with Crippen LogP contribution in [0.5, 0.6) is 0 Å². The van der Waals surface area contributed by atoms with Crippen LogP contribution in [0.2, 0.25) is 0 Å². The number of thiophene rings is 1. The van der Waals surface area contributed by atoms with Gasteiger partial charge in [-0.05, 0) is 50.1 Å². The van der Waals surface area contributed by atoms with Gasteiger partial charge in [0.2, 0.25) is 0 Å². The van der Waals surface area contributed by atoms with Crippen LogP contribution in [0.1, 0.15) is 48.2 Å². The molecule has 0 radical (unpaired) electrons. The first-order chi connectivity index (χ1) is 9.10. The Morgan fingerprint density at radius 3 is 2.32 bits per heavy atom. The van der Waals surface area contributed by atoms with Crippen LogP contribution < -0.4 is 5.32 Å². The number of hydrogen-bond acceptors (Lipinski definition) is 2. The van der Waals surface area contributed by atoms with E-state index in [9.17, 15) is 4.39 Å². The van der Waals surface area contributed by atoms with E-state index in [1.54, 1.807) is 0 Å². The number of rotatable bonds is 5. The normalized spacial score (nSPS) is 14.3. The van der Waals surface area contributed by atoms with E-state index in [1.807, 2.05) is 23.5 Å². The minimum atomic E-state index is -0.185. The molecule has 0 spiro atoms. The van der Waals surface area contributed by atoms with E-state index < -0.39 is 0 Å². The highest BCUT2D eigenvalue weighted by Gasteiger charge is 2.12. The number of hydrogen-bond donors (Lipinski definition) is 1. The van der Waals surface area contributed by atoms with Gasteiger partial charge in [-0.2, -0.15) is 0 Å². The number of nitrogens with one attached hydrogen (secondary N) is 1. The van der Waals surface area contributed by atoms with E-state index in [4.69, 9.17) is 0 Å². The van der Waals surface area contributed by atoms with E-state index >= 15 is 0 Å². The summed E-state index contributed by atoms with van der Waals surface area (Å²) in [5.41, 5.74) is 1.11. The summed E-state index contributed by atoms with van der Waals surface area (Å²) in [6.45, 7) is 6.46. The molecule has 0 saturated carbocycles. The summed E-state index contributed by atoms with van der Waals surface area (Å²) in [5, 5.41) is 3.56. The van der Waals surface area contributed by atoms with Crippen molar-refractivity contribution in [3.63, 3.8) is 0 Å². The monoisotopic (exact) mass is 277 g/mol. The van der Waals surface area contributed by atoms with Crippen molar-refractivity contribution in [1.29, 1.82) is 0 Å². The van der Waals surface area contributed by atoms with E-state index in [1.165, 1.54) is 21.9 Å². The summed E-state index contributed by atoms with van der Waals surface area (Å²) in [5.74, 6) is -0.185. The summed E-state index contributed by atoms with van der Waals surface area (Å²) in [7, 11) is 0. The lowest BCUT2D eigenvalue weighted by Gasteiger charge is -2.19. The van der Waals surface area contributed by atoms with Crippen molar-refractivity contribution in [1.82, 2.24) is 5.32 Å². The van der Waals surface area contributed by atoms with Gasteiger partial charge in [-0.3, -0.25) is 0 Å². The number of aryl methyl sites for hydroxylation is 1. The van der Waals surface area contributed by atoms with Crippen molar-refractivity contribution in [2.75, 3.05) is 0 Å². The SMILES string of the molecule is CCc1ccc(C(C)NC(C)c2ccc(F)cc2)s1. The van der Waals surface area contributed by atoms with Crippen LogP contribution in [0, 0.1) is 5.82 Å². The Balaban J connectivity index is 2.01. The summed E-state index contributed by atoms with van der Waals surface area (Å²) >= 11 is 1.86. The third kappa shape index (κ3) is 3.64. The predicted molar refractivity (Wildman–Crippen MR) is 80.1 cm³/mol. The summed E-state index contributed by atoms with van der Waals surface area (Å²) in [6, 6.07) is 11.6. The van der Waals surface area contributed by atoms with E-state index in [0.717, 1.165) is 12.0 Å². The first kappa shape index (κ1) is 14.2. The van der Waals surface area contributed by atoms with Gasteiger partial charge in [-0.1, -0.05) is 19.1 Å². The Morgan fingerprint density at radius 1 is 1.05 bits per heavy atom. The lowest BCUT2D eigenvalue weighted by Crippen LogP contribution is -2.21. The molecule has 1 N–H and O–H groups in total. The highest BCUT2D eigenvalue weighted by molar-refractivity contribution is 7.12. The Hall–Kier alpha value is -1.19. The van der Waals surface area contributed by atoms with E-state index in [0.29, 0.717) is 6.04 Å². The molecule has 0 fully saturated rings. The van der Waals surface area contributed by atoms with Crippen molar-refractivity contribution < 1.29 is 4.39 Å². The maximum atomic E-state index is 12.9. The van der Waals surface area contributed by atoms with Crippen LogP contribution >= 0.6 is 11.3 Å². The molecule has 2 rings (SSSR count). The second kappa shape index (κ2) is 6.31. The lowest BCUT2D eigenvalue weighted by molar-refractivity contribution is 0.499. The highest BCUT2D eigenvalue weighted by atomic mass is 32.1. The van der Waals surface area contributed by atoms with Crippen LogP contribution in [0.15, 0.2) is 36.4 Å². The average Bonchev–Trinajstić information content (AvgIpc) is 2.88. The van der Waals surface area contributed by atoms with Crippen molar-refractivity contribution in [3.05, 3.63) is 57.5 Å². The van der Waals surface area contributed by atoms with Crippen LogP contribution in [0.25, 0.3) is 0 Å². The zero-order valence-electron chi connectivity index (χ0n) is 11.6. The Morgan fingerprint density at radius 2 is 1.74 bits per heavy atom. The first-order valence-corrected chi connectivity index (χ1v) is 7.52. The fraction of sp³-hybridized carbons (Fsp3) is 0.375. The average molecular weight is 277 g/mol. The molecule has 2 unspecified atom stereocenters. The molecule has 1 nitrogen and oxygen atoms in total. The minimum absolute atomic E-state index is 0.185. The fourth-order valence-corrected chi connectivity index (χ4v) is 3.09. The van der Waals surface area contributed by atoms with Crippen LogP contribution in [-0.4, -0.2) is 0 Å². The molecule has 0 aliphatic carbocycles. The lowest BCUT2D eigenvalue weighted by atomic mass is 10.1. The topological polar surface area (TPSA) is 12.0 Å². The molecular weight excluding hydrogens is 257 g/mol. The minimum Gasteiger partial charge on any atom is -0.303 e. The molecule has 1 aromatic carbocycles. The predicted octanol–water partition coefficient (Wildman–Crippen LogP) is 4.86. The fourth-order valence-electron chi connectivity index (χ4n) is 2.12. The third-order valence-electron chi connectivity index (χ3n) is 3.33. The molecule has 102 valence electrons. The van der Waals surface area contributed by atoms with Gasteiger partial charge in [-0.15, -0.1) is 11.3 Å². The molecule has 2 atom stereocenters. The molecule has 1 aromatic heterocycles. The largest absolute Gasteiger partial charge is 0.303 e. The van der Waals surface area contributed by atoms with Crippen LogP contribution in [0.3, 0.4) is 0 Å². The Kier molecular flexibility index (Phi) is 4.72. The maximum absolute atomic E-state index is 12.9. The van der Waals surface area contributed by atoms with Gasteiger partial charge in [0.05, 0.1) is 0 Å². The molecule has 1 heterocycles. The Bertz CT molecular complexity index is 518. The highest BCUT2D eigenvalue weighted by Crippen LogP contribution is 2.26. The number of benzene rings is 1. The maximum Gasteiger partial charge on any atom is 0.123 e. The zero-order chi connectivity index (χ0) is 13.8. The molecule has 3 heteroatoms. The van der Waals surface area contributed by atoms with Crippen LogP contribution in [-0.2, 0) is 6.42 Å². The van der Waals surface area contributed by atoms with Gasteiger partial charge >= 0.3 is 0 Å². The molecule has 0 amide bonds. The molecule has 0 aliphatic heterocycles. The smallest absolute Gasteiger partial charge is 0.123 e. The second-order valence-electron chi connectivity index (χ2n) is 4.82. The summed E-state index contributed by atoms with van der Waals surface area (Å²) < 4.78 is 12.9. The molecular formula is C16H20FNS. The second-order valence-corrected chi connectivity index (χ2v) is 6.02. The third-order valence-corrected chi connectivity index (χ3v) is 4.74. The van der Waals surface area contributed by atoms with Gasteiger partial charge in [0.15, 0.2) is 0 Å². The van der Waals surface area contributed by atoms with Crippen molar-refractivity contribution in [2.24, 2.45) is 0 Å². The van der Waals surface area contributed by atoms with E-state index in [2.05, 4.69) is 38.2 Å². The Labute approximate surface area is 118 Å². The van der Waals surface area contributed by atoms with Gasteiger partial charge in [-0.25, -0.2) is 4.39 Å². The van der Waals surface area contributed by atoms with Crippen molar-refractivity contribution in [2.45, 2.75) is 39.3 Å². The molecule has 19 heavy (non-hydrogen) atoms. The number of halogens is 1. The van der Waals surface area contributed by atoms with Gasteiger partial charge < -0.3 is 5.32 Å². The quantitative estimate of drug-likeness (QED) is 0.823. The molecule has 2 aromatic rings. The van der Waals surface area contributed by atoms with Gasteiger partial charge in [0, 0.05) is 21.8 Å². The molecule has 0 saturated heterocycles. The van der Waals surface area contributed by atoms with E-state index in [-0.39, 0.29) is 11.9 Å². The molecule has 0 aliphatic rings. The van der Waals surface area contributed by atoms with Crippen molar-refractivity contribution >= 4 is 11.3 Å². The summed E-state index contributed by atoms with van der Waals surface area (Å²) in [6.07, 6.45) is 1.09. The zero-order valence-corrected chi connectivity index (χ0v) is 12.4. The van der Waals surface area contributed by atoms with Crippen LogP contribution in [0.4, 0.5) is 4.39 Å². The molecule has 0 bridgehead atoms. The van der Waals surface area contributed by atoms with Gasteiger partial charge in [0.25, 0.3) is 0 Å². The van der Waals surface area contributed by atoms with Gasteiger partial charge in [0.1, 0.15) is 5.82 Å². The first-order valence-electron chi connectivity index (χ1n) is 6.70.